The number of ketones is 1. The van der Waals surface area contributed by atoms with E-state index >= 15 is 0 Å². The van der Waals surface area contributed by atoms with Gasteiger partial charge in [-0.3, -0.25) is 14.5 Å². The molecule has 1 aliphatic heterocycles. The lowest BCUT2D eigenvalue weighted by molar-refractivity contribution is -0.145. The summed E-state index contributed by atoms with van der Waals surface area (Å²) in [5.41, 5.74) is 2.92. The number of thiocarbonyl (C=S) groups is 1. The number of hydrogen-bond donors (Lipinski definition) is 1. The van der Waals surface area contributed by atoms with E-state index in [2.05, 4.69) is 0 Å². The van der Waals surface area contributed by atoms with Crippen LogP contribution in [-0.2, 0) is 16.0 Å². The Morgan fingerprint density at radius 2 is 1.61 bits per heavy atom. The van der Waals surface area contributed by atoms with Crippen LogP contribution >= 0.6 is 35.6 Å². The molecule has 1 heterocycles. The van der Waals surface area contributed by atoms with Crippen molar-refractivity contribution < 1.29 is 19.5 Å². The van der Waals surface area contributed by atoms with Gasteiger partial charge in [-0.2, -0.15) is 0 Å². The minimum atomic E-state index is -1.11. The van der Waals surface area contributed by atoms with Crippen molar-refractivity contribution in [2.24, 2.45) is 0 Å². The largest absolute Gasteiger partial charge is 0.480 e. The second kappa shape index (κ2) is 11.5. The highest BCUT2D eigenvalue weighted by atomic mass is 35.5. The number of hydrogen-bond acceptors (Lipinski definition) is 5. The number of carbonyl (C=O) groups is 3. The van der Waals surface area contributed by atoms with Gasteiger partial charge in [-0.05, 0) is 53.1 Å². The number of aliphatic carboxylic acids is 1. The summed E-state index contributed by atoms with van der Waals surface area (Å²) in [4.78, 5) is 38.9. The van der Waals surface area contributed by atoms with Crippen LogP contribution in [0.2, 0.25) is 5.02 Å². The van der Waals surface area contributed by atoms with E-state index in [9.17, 15) is 19.5 Å². The summed E-state index contributed by atoms with van der Waals surface area (Å²) in [7, 11) is 0. The van der Waals surface area contributed by atoms with E-state index in [0.29, 0.717) is 15.5 Å². The average Bonchev–Trinajstić information content (AvgIpc) is 3.15. The smallest absolute Gasteiger partial charge is 0.327 e. The number of rotatable bonds is 8. The van der Waals surface area contributed by atoms with Gasteiger partial charge in [0.1, 0.15) is 10.4 Å². The SMILES string of the molecule is O=C(/C=C/c1ccc(/C=C2\SC(=S)N(C(Cc3ccccc3)C(=O)O)C2=O)cc1)c1ccc(Cl)cc1. The minimum absolute atomic E-state index is 0.136. The van der Waals surface area contributed by atoms with E-state index in [-0.39, 0.29) is 16.5 Å². The molecule has 1 amide bonds. The lowest BCUT2D eigenvalue weighted by Gasteiger charge is -2.23. The van der Waals surface area contributed by atoms with Crippen LogP contribution in [0.3, 0.4) is 0 Å². The van der Waals surface area contributed by atoms with E-state index in [4.69, 9.17) is 23.8 Å². The number of carboxylic acids is 1. The Morgan fingerprint density at radius 3 is 2.25 bits per heavy atom. The fourth-order valence-electron chi connectivity index (χ4n) is 3.61. The predicted molar refractivity (Wildman–Crippen MR) is 148 cm³/mol. The van der Waals surface area contributed by atoms with Crippen LogP contribution in [0.25, 0.3) is 12.2 Å². The molecule has 1 N–H and O–H groups in total. The molecule has 4 rings (SSSR count). The first kappa shape index (κ1) is 25.6. The zero-order chi connectivity index (χ0) is 25.7. The molecular formula is C28H20ClNO4S2. The Balaban J connectivity index is 1.46. The number of halogens is 1. The number of thioether (sulfide) groups is 1. The molecule has 0 spiro atoms. The number of allylic oxidation sites excluding steroid dienone is 1. The second-order valence-corrected chi connectivity index (χ2v) is 10.1. The quantitative estimate of drug-likeness (QED) is 0.213. The van der Waals surface area contributed by atoms with Crippen LogP contribution in [-0.4, -0.2) is 38.0 Å². The van der Waals surface area contributed by atoms with Gasteiger partial charge in [0, 0.05) is 17.0 Å². The molecule has 0 bridgehead atoms. The summed E-state index contributed by atoms with van der Waals surface area (Å²) in [5, 5.41) is 10.4. The minimum Gasteiger partial charge on any atom is -0.480 e. The summed E-state index contributed by atoms with van der Waals surface area (Å²) in [6, 6.07) is 22.0. The summed E-state index contributed by atoms with van der Waals surface area (Å²) < 4.78 is 0.217. The topological polar surface area (TPSA) is 74.7 Å². The van der Waals surface area contributed by atoms with Crippen molar-refractivity contribution in [1.29, 1.82) is 0 Å². The third-order valence-corrected chi connectivity index (χ3v) is 7.06. The molecule has 0 saturated carbocycles. The second-order valence-electron chi connectivity index (χ2n) is 7.97. The van der Waals surface area contributed by atoms with Gasteiger partial charge in [-0.15, -0.1) is 0 Å². The molecule has 1 saturated heterocycles. The first-order chi connectivity index (χ1) is 17.3. The third-order valence-electron chi connectivity index (χ3n) is 5.48. The van der Waals surface area contributed by atoms with Gasteiger partial charge in [0.15, 0.2) is 5.78 Å². The lowest BCUT2D eigenvalue weighted by atomic mass is 10.0. The standard InChI is InChI=1S/C28H20ClNO4S2/c29-22-13-11-21(12-14-22)24(31)15-10-18-6-8-20(9-7-18)17-25-26(32)30(28(35)36-25)23(27(33)34)16-19-4-2-1-3-5-19/h1-15,17,23H,16H2,(H,33,34)/b15-10+,25-17-. The Morgan fingerprint density at radius 1 is 0.972 bits per heavy atom. The Bertz CT molecular complexity index is 1370. The van der Waals surface area contributed by atoms with Gasteiger partial charge in [-0.1, -0.05) is 96.3 Å². The van der Waals surface area contributed by atoms with Crippen LogP contribution in [0.5, 0.6) is 0 Å². The van der Waals surface area contributed by atoms with Crippen molar-refractivity contribution in [3.8, 4) is 0 Å². The van der Waals surface area contributed by atoms with E-state index in [1.807, 2.05) is 54.6 Å². The molecule has 0 aromatic heterocycles. The fraction of sp³-hybridized carbons (Fsp3) is 0.0714. The lowest BCUT2D eigenvalue weighted by Crippen LogP contribution is -2.45. The van der Waals surface area contributed by atoms with Gasteiger partial charge in [0.25, 0.3) is 5.91 Å². The zero-order valence-electron chi connectivity index (χ0n) is 18.8. The first-order valence-corrected chi connectivity index (χ1v) is 12.5. The Labute approximate surface area is 223 Å². The Hall–Kier alpha value is -3.52. The van der Waals surface area contributed by atoms with Gasteiger partial charge in [-0.25, -0.2) is 4.79 Å². The molecule has 1 aliphatic rings. The molecule has 5 nitrogen and oxygen atoms in total. The zero-order valence-corrected chi connectivity index (χ0v) is 21.2. The summed E-state index contributed by atoms with van der Waals surface area (Å²) >= 11 is 12.3. The first-order valence-electron chi connectivity index (χ1n) is 10.9. The number of nitrogens with zero attached hydrogens (tertiary/aromatic N) is 1. The number of carbonyl (C=O) groups excluding carboxylic acids is 2. The van der Waals surface area contributed by atoms with Crippen molar-refractivity contribution in [1.82, 2.24) is 4.90 Å². The molecule has 0 aliphatic carbocycles. The maximum absolute atomic E-state index is 13.1. The van der Waals surface area contributed by atoms with Crippen molar-refractivity contribution >= 4 is 69.7 Å². The third kappa shape index (κ3) is 6.18. The highest BCUT2D eigenvalue weighted by molar-refractivity contribution is 8.26. The molecule has 36 heavy (non-hydrogen) atoms. The molecular weight excluding hydrogens is 514 g/mol. The van der Waals surface area contributed by atoms with Crippen molar-refractivity contribution in [3.63, 3.8) is 0 Å². The molecule has 180 valence electrons. The fourth-order valence-corrected chi connectivity index (χ4v) is 5.09. The molecule has 1 atom stereocenters. The van der Waals surface area contributed by atoms with Crippen LogP contribution in [0.15, 0.2) is 89.8 Å². The highest BCUT2D eigenvalue weighted by Gasteiger charge is 2.40. The molecule has 3 aromatic carbocycles. The van der Waals surface area contributed by atoms with Gasteiger partial charge < -0.3 is 5.11 Å². The Kier molecular flexibility index (Phi) is 8.15. The van der Waals surface area contributed by atoms with Crippen LogP contribution in [0.4, 0.5) is 0 Å². The summed E-state index contributed by atoms with van der Waals surface area (Å²) in [6.45, 7) is 0. The maximum atomic E-state index is 13.1. The number of amides is 1. The van der Waals surface area contributed by atoms with E-state index < -0.39 is 17.9 Å². The normalized spacial score (nSPS) is 15.6. The van der Waals surface area contributed by atoms with E-state index in [1.54, 1.807) is 36.4 Å². The maximum Gasteiger partial charge on any atom is 0.327 e. The molecule has 1 fully saturated rings. The number of carboxylic acid groups (broad SMARTS) is 1. The van der Waals surface area contributed by atoms with Crippen molar-refractivity contribution in [2.45, 2.75) is 12.5 Å². The molecule has 0 radical (unpaired) electrons. The van der Waals surface area contributed by atoms with Gasteiger partial charge in [0.05, 0.1) is 4.91 Å². The van der Waals surface area contributed by atoms with Gasteiger partial charge >= 0.3 is 5.97 Å². The summed E-state index contributed by atoms with van der Waals surface area (Å²) in [5.74, 6) is -1.67. The average molecular weight is 534 g/mol. The van der Waals surface area contributed by atoms with Crippen molar-refractivity contribution in [2.75, 3.05) is 0 Å². The van der Waals surface area contributed by atoms with Crippen LogP contribution in [0.1, 0.15) is 27.0 Å². The number of benzene rings is 3. The molecule has 8 heteroatoms. The predicted octanol–water partition coefficient (Wildman–Crippen LogP) is 6.13. The van der Waals surface area contributed by atoms with Gasteiger partial charge in [0.2, 0.25) is 0 Å². The van der Waals surface area contributed by atoms with Crippen molar-refractivity contribution in [3.05, 3.63) is 117 Å². The van der Waals surface area contributed by atoms with E-state index in [1.165, 1.54) is 11.0 Å². The summed E-state index contributed by atoms with van der Waals surface area (Å²) in [6.07, 6.45) is 5.04. The van der Waals surface area contributed by atoms with Crippen LogP contribution in [0, 0.1) is 0 Å². The molecule has 3 aromatic rings. The molecule has 1 unspecified atom stereocenters. The monoisotopic (exact) mass is 533 g/mol. The van der Waals surface area contributed by atoms with E-state index in [0.717, 1.165) is 28.5 Å². The van der Waals surface area contributed by atoms with Crippen LogP contribution < -0.4 is 0 Å². The highest BCUT2D eigenvalue weighted by Crippen LogP contribution is 2.34.